The second kappa shape index (κ2) is 4.88. The molecule has 0 heterocycles. The third-order valence-electron chi connectivity index (χ3n) is 1.55. The fraction of sp³-hybridized carbons (Fsp3) is 0.111. The van der Waals surface area contributed by atoms with Gasteiger partial charge in [0.05, 0.1) is 10.0 Å². The number of rotatable bonds is 1. The predicted octanol–water partition coefficient (Wildman–Crippen LogP) is 1.37. The Balaban J connectivity index is 2.82. The summed E-state index contributed by atoms with van der Waals surface area (Å²) in [6.45, 7) is 1.23. The smallest absolute Gasteiger partial charge is 0.272 e. The van der Waals surface area contributed by atoms with Crippen LogP contribution < -0.4 is 10.9 Å². The summed E-state index contributed by atoms with van der Waals surface area (Å²) < 4.78 is 13.5. The van der Waals surface area contributed by atoms with Crippen molar-refractivity contribution in [3.05, 3.63) is 34.1 Å². The van der Waals surface area contributed by atoms with E-state index in [1.807, 2.05) is 0 Å². The van der Waals surface area contributed by atoms with Crippen LogP contribution in [-0.2, 0) is 4.79 Å². The first-order chi connectivity index (χ1) is 7.02. The molecule has 0 spiro atoms. The Bertz CT molecular complexity index is 409. The van der Waals surface area contributed by atoms with E-state index in [1.54, 1.807) is 0 Å². The average Bonchev–Trinajstić information content (AvgIpc) is 2.18. The zero-order valence-electron chi connectivity index (χ0n) is 7.80. The van der Waals surface area contributed by atoms with Gasteiger partial charge < -0.3 is 0 Å². The van der Waals surface area contributed by atoms with Gasteiger partial charge in [-0.2, -0.15) is 0 Å². The number of hydrazine groups is 1. The van der Waals surface area contributed by atoms with E-state index in [4.69, 9.17) is 0 Å². The summed E-state index contributed by atoms with van der Waals surface area (Å²) in [4.78, 5) is 21.8. The molecule has 1 aromatic rings. The van der Waals surface area contributed by atoms with Crippen molar-refractivity contribution >= 4 is 27.7 Å². The Hall–Kier alpha value is -1.43. The Morgan fingerprint density at radius 3 is 2.60 bits per heavy atom. The number of hydrogen-bond acceptors (Lipinski definition) is 2. The van der Waals surface area contributed by atoms with Crippen molar-refractivity contribution < 1.29 is 14.0 Å². The van der Waals surface area contributed by atoms with Gasteiger partial charge in [-0.25, -0.2) is 4.39 Å². The largest absolute Gasteiger partial charge is 0.274 e. The van der Waals surface area contributed by atoms with Crippen LogP contribution in [0.15, 0.2) is 22.7 Å². The highest BCUT2D eigenvalue weighted by atomic mass is 79.9. The van der Waals surface area contributed by atoms with Crippen LogP contribution in [0.3, 0.4) is 0 Å². The molecule has 0 radical (unpaired) electrons. The van der Waals surface area contributed by atoms with Crippen LogP contribution in [0.4, 0.5) is 4.39 Å². The van der Waals surface area contributed by atoms with Gasteiger partial charge in [-0.1, -0.05) is 6.07 Å². The number of nitrogens with one attached hydrogen (secondary N) is 2. The molecule has 2 N–H and O–H groups in total. The molecule has 15 heavy (non-hydrogen) atoms. The number of carbonyl (C=O) groups is 2. The summed E-state index contributed by atoms with van der Waals surface area (Å²) in [6, 6.07) is 4.32. The van der Waals surface area contributed by atoms with Gasteiger partial charge >= 0.3 is 0 Å². The molecular weight excluding hydrogens is 267 g/mol. The van der Waals surface area contributed by atoms with E-state index in [1.165, 1.54) is 25.1 Å². The van der Waals surface area contributed by atoms with Gasteiger partial charge in [0, 0.05) is 6.92 Å². The molecule has 0 unspecified atom stereocenters. The summed E-state index contributed by atoms with van der Waals surface area (Å²) in [5.74, 6) is -1.80. The van der Waals surface area contributed by atoms with Gasteiger partial charge in [-0.3, -0.25) is 20.4 Å². The van der Waals surface area contributed by atoms with Crippen LogP contribution >= 0.6 is 15.9 Å². The molecule has 2 amide bonds. The van der Waals surface area contributed by atoms with Crippen LogP contribution in [0, 0.1) is 5.82 Å². The first kappa shape index (κ1) is 11.6. The molecule has 0 saturated carbocycles. The molecule has 6 heteroatoms. The molecule has 0 aliphatic heterocycles. The van der Waals surface area contributed by atoms with E-state index in [9.17, 15) is 14.0 Å². The lowest BCUT2D eigenvalue weighted by molar-refractivity contribution is -0.119. The molecule has 0 aliphatic rings. The van der Waals surface area contributed by atoms with Crippen LogP contribution in [0.2, 0.25) is 0 Å². The van der Waals surface area contributed by atoms with Gasteiger partial charge in [-0.05, 0) is 28.1 Å². The normalized spacial score (nSPS) is 9.53. The molecular formula is C9H8BrFN2O2. The second-order valence-corrected chi connectivity index (χ2v) is 3.59. The molecule has 0 saturated heterocycles. The van der Waals surface area contributed by atoms with Crippen molar-refractivity contribution in [1.29, 1.82) is 0 Å². The van der Waals surface area contributed by atoms with Crippen molar-refractivity contribution in [1.82, 2.24) is 10.9 Å². The first-order valence-corrected chi connectivity index (χ1v) is 4.82. The van der Waals surface area contributed by atoms with Crippen molar-refractivity contribution in [2.75, 3.05) is 0 Å². The molecule has 1 rings (SSSR count). The van der Waals surface area contributed by atoms with E-state index >= 15 is 0 Å². The second-order valence-electron chi connectivity index (χ2n) is 2.74. The maximum atomic E-state index is 13.4. The van der Waals surface area contributed by atoms with Crippen LogP contribution in [0.5, 0.6) is 0 Å². The Kier molecular flexibility index (Phi) is 3.79. The fourth-order valence-electron chi connectivity index (χ4n) is 0.891. The zero-order valence-corrected chi connectivity index (χ0v) is 9.39. The average molecular weight is 275 g/mol. The lowest BCUT2D eigenvalue weighted by Crippen LogP contribution is -2.40. The van der Waals surface area contributed by atoms with Gasteiger partial charge in [0.1, 0.15) is 5.82 Å². The molecule has 0 bridgehead atoms. The van der Waals surface area contributed by atoms with Crippen molar-refractivity contribution in [3.8, 4) is 0 Å². The lowest BCUT2D eigenvalue weighted by atomic mass is 10.2. The summed E-state index contributed by atoms with van der Waals surface area (Å²) in [5.41, 5.74) is 4.00. The van der Waals surface area contributed by atoms with E-state index < -0.39 is 17.6 Å². The fourth-order valence-corrected chi connectivity index (χ4v) is 1.26. The third kappa shape index (κ3) is 3.02. The summed E-state index contributed by atoms with van der Waals surface area (Å²) in [7, 11) is 0. The number of hydrogen-bond donors (Lipinski definition) is 2. The monoisotopic (exact) mass is 274 g/mol. The van der Waals surface area contributed by atoms with E-state index in [-0.39, 0.29) is 10.0 Å². The molecule has 0 atom stereocenters. The highest BCUT2D eigenvalue weighted by molar-refractivity contribution is 9.10. The van der Waals surface area contributed by atoms with Gasteiger partial charge in [0.25, 0.3) is 5.91 Å². The van der Waals surface area contributed by atoms with Crippen molar-refractivity contribution in [2.45, 2.75) is 6.92 Å². The van der Waals surface area contributed by atoms with Crippen LogP contribution in [0.25, 0.3) is 0 Å². The number of halogens is 2. The standard InChI is InChI=1S/C9H8BrFN2O2/c1-5(14)12-13-9(15)6-3-2-4-7(10)8(6)11/h2-4H,1H3,(H,12,14)(H,13,15). The Labute approximate surface area is 94.0 Å². The van der Waals surface area contributed by atoms with Gasteiger partial charge in [0.15, 0.2) is 0 Å². The van der Waals surface area contributed by atoms with E-state index in [0.717, 1.165) is 0 Å². The summed E-state index contributed by atoms with van der Waals surface area (Å²) in [6.07, 6.45) is 0. The molecule has 80 valence electrons. The van der Waals surface area contributed by atoms with Gasteiger partial charge in [-0.15, -0.1) is 0 Å². The van der Waals surface area contributed by atoms with Crippen LogP contribution in [-0.4, -0.2) is 11.8 Å². The maximum Gasteiger partial charge on any atom is 0.272 e. The zero-order chi connectivity index (χ0) is 11.4. The van der Waals surface area contributed by atoms with Crippen molar-refractivity contribution in [2.24, 2.45) is 0 Å². The molecule has 0 aliphatic carbocycles. The predicted molar refractivity (Wildman–Crippen MR) is 55.4 cm³/mol. The minimum atomic E-state index is -0.705. The highest BCUT2D eigenvalue weighted by Gasteiger charge is 2.13. The number of amides is 2. The lowest BCUT2D eigenvalue weighted by Gasteiger charge is -2.06. The van der Waals surface area contributed by atoms with Gasteiger partial charge in [0.2, 0.25) is 5.91 Å². The molecule has 0 fully saturated rings. The quantitative estimate of drug-likeness (QED) is 0.760. The number of benzene rings is 1. The summed E-state index contributed by atoms with van der Waals surface area (Å²) >= 11 is 2.95. The maximum absolute atomic E-state index is 13.4. The third-order valence-corrected chi connectivity index (χ3v) is 2.16. The minimum Gasteiger partial charge on any atom is -0.274 e. The molecule has 4 nitrogen and oxygen atoms in total. The van der Waals surface area contributed by atoms with Crippen LogP contribution in [0.1, 0.15) is 17.3 Å². The highest BCUT2D eigenvalue weighted by Crippen LogP contribution is 2.18. The number of carbonyl (C=O) groups excluding carboxylic acids is 2. The SMILES string of the molecule is CC(=O)NNC(=O)c1cccc(Br)c1F. The Morgan fingerprint density at radius 1 is 1.33 bits per heavy atom. The minimum absolute atomic E-state index is 0.141. The molecule has 0 aromatic heterocycles. The van der Waals surface area contributed by atoms with Crippen molar-refractivity contribution in [3.63, 3.8) is 0 Å². The molecule has 1 aromatic carbocycles. The summed E-state index contributed by atoms with van der Waals surface area (Å²) in [5, 5.41) is 0. The van der Waals surface area contributed by atoms with E-state index in [0.29, 0.717) is 0 Å². The first-order valence-electron chi connectivity index (χ1n) is 4.03. The van der Waals surface area contributed by atoms with E-state index in [2.05, 4.69) is 26.8 Å². The Morgan fingerprint density at radius 2 is 2.00 bits per heavy atom. The topological polar surface area (TPSA) is 58.2 Å².